The predicted molar refractivity (Wildman–Crippen MR) is 133 cm³/mol. The molecule has 0 spiro atoms. The van der Waals surface area contributed by atoms with E-state index in [1.165, 1.54) is 12.1 Å². The van der Waals surface area contributed by atoms with E-state index in [4.69, 9.17) is 15.2 Å². The predicted octanol–water partition coefficient (Wildman–Crippen LogP) is 5.78. The van der Waals surface area contributed by atoms with Gasteiger partial charge in [-0.25, -0.2) is 4.39 Å². The summed E-state index contributed by atoms with van der Waals surface area (Å²) in [6.07, 6.45) is 0. The molecule has 4 aromatic carbocycles. The van der Waals surface area contributed by atoms with Crippen molar-refractivity contribution in [2.45, 2.75) is 11.8 Å². The van der Waals surface area contributed by atoms with Gasteiger partial charge in [-0.1, -0.05) is 84.9 Å². The Morgan fingerprint density at radius 2 is 1.50 bits per heavy atom. The van der Waals surface area contributed by atoms with Gasteiger partial charge in [-0.05, 0) is 23.3 Å². The fourth-order valence-corrected chi connectivity index (χ4v) is 4.46. The number of halogens is 1. The fourth-order valence-electron chi connectivity index (χ4n) is 4.46. The first-order chi connectivity index (χ1) is 17.6. The van der Waals surface area contributed by atoms with Crippen LogP contribution in [-0.2, 0) is 4.79 Å². The molecule has 1 atom stereocenters. The number of allylic oxidation sites excluding steroid dienone is 1. The molecule has 1 unspecified atom stereocenters. The normalized spacial score (nSPS) is 14.5. The van der Waals surface area contributed by atoms with Gasteiger partial charge in [-0.15, -0.1) is 0 Å². The minimum Gasteiger partial charge on any atom is -0.440 e. The molecule has 0 aliphatic carbocycles. The van der Waals surface area contributed by atoms with Gasteiger partial charge in [0.15, 0.2) is 0 Å². The number of esters is 1. The first-order valence-corrected chi connectivity index (χ1v) is 11.3. The van der Waals surface area contributed by atoms with Crippen LogP contribution in [0.4, 0.5) is 4.39 Å². The molecule has 0 amide bonds. The van der Waals surface area contributed by atoms with Crippen molar-refractivity contribution < 1.29 is 18.7 Å². The molecule has 36 heavy (non-hydrogen) atoms. The van der Waals surface area contributed by atoms with Crippen LogP contribution in [0.15, 0.2) is 115 Å². The monoisotopic (exact) mass is 476 g/mol. The number of hydrogen-bond donors (Lipinski definition) is 1. The van der Waals surface area contributed by atoms with E-state index in [2.05, 4.69) is 0 Å². The van der Waals surface area contributed by atoms with E-state index in [9.17, 15) is 14.4 Å². The highest BCUT2D eigenvalue weighted by molar-refractivity contribution is 5.84. The highest BCUT2D eigenvalue weighted by atomic mass is 19.1. The summed E-state index contributed by atoms with van der Waals surface area (Å²) in [6.45, 7) is 0. The number of fused-ring (bicyclic) bond motifs is 1. The number of nitrogens with zero attached hydrogens (tertiary/aromatic N) is 1. The fraction of sp³-hybridized carbons (Fsp3) is 0.0667. The smallest absolute Gasteiger partial charge is 0.323 e. The molecule has 0 radical (unpaired) electrons. The number of ether oxygens (including phenoxy) is 2. The summed E-state index contributed by atoms with van der Waals surface area (Å²) in [5.74, 6) is -1.88. The second kappa shape index (κ2) is 9.77. The van der Waals surface area contributed by atoms with Crippen LogP contribution in [0.25, 0.3) is 0 Å². The Bertz CT molecular complexity index is 1450. The third-order valence-electron chi connectivity index (χ3n) is 6.13. The van der Waals surface area contributed by atoms with Crippen molar-refractivity contribution in [3.8, 4) is 17.6 Å². The number of carbonyl (C=O) groups excluding carboxylic acids is 1. The van der Waals surface area contributed by atoms with Crippen LogP contribution in [-0.4, -0.2) is 5.97 Å². The van der Waals surface area contributed by atoms with E-state index in [1.54, 1.807) is 30.3 Å². The highest BCUT2D eigenvalue weighted by Crippen LogP contribution is 2.44. The lowest BCUT2D eigenvalue weighted by Crippen LogP contribution is -2.22. The average Bonchev–Trinajstić information content (AvgIpc) is 2.89. The number of nitriles is 1. The van der Waals surface area contributed by atoms with Crippen molar-refractivity contribution in [1.29, 1.82) is 5.26 Å². The minimum atomic E-state index is -0.744. The van der Waals surface area contributed by atoms with Gasteiger partial charge < -0.3 is 15.2 Å². The Balaban J connectivity index is 1.50. The lowest BCUT2D eigenvalue weighted by molar-refractivity contribution is -0.135. The van der Waals surface area contributed by atoms with E-state index in [0.29, 0.717) is 16.9 Å². The van der Waals surface area contributed by atoms with Crippen LogP contribution < -0.4 is 15.2 Å². The van der Waals surface area contributed by atoms with Crippen molar-refractivity contribution in [3.63, 3.8) is 0 Å². The van der Waals surface area contributed by atoms with Crippen LogP contribution >= 0.6 is 0 Å². The summed E-state index contributed by atoms with van der Waals surface area (Å²) >= 11 is 0. The molecular weight excluding hydrogens is 455 g/mol. The summed E-state index contributed by atoms with van der Waals surface area (Å²) in [5.41, 5.74) is 8.61. The number of nitrogens with two attached hydrogens (primary N) is 1. The van der Waals surface area contributed by atoms with E-state index < -0.39 is 23.6 Å². The van der Waals surface area contributed by atoms with Gasteiger partial charge in [0.25, 0.3) is 0 Å². The topological polar surface area (TPSA) is 85.3 Å². The summed E-state index contributed by atoms with van der Waals surface area (Å²) in [4.78, 5) is 13.4. The first-order valence-electron chi connectivity index (χ1n) is 11.3. The van der Waals surface area contributed by atoms with Crippen molar-refractivity contribution in [2.24, 2.45) is 5.73 Å². The maximum atomic E-state index is 14.7. The van der Waals surface area contributed by atoms with Crippen LogP contribution in [0, 0.1) is 17.1 Å². The molecule has 0 fully saturated rings. The SMILES string of the molecule is N#CC1=C(N)Oc2cc(OC(=O)C(c3ccccc3)c3ccccc3)ccc2C1c1ccccc1F. The molecule has 2 N–H and O–H groups in total. The van der Waals surface area contributed by atoms with Gasteiger partial charge >= 0.3 is 5.97 Å². The zero-order valence-electron chi connectivity index (χ0n) is 19.1. The van der Waals surface area contributed by atoms with Crippen LogP contribution in [0.3, 0.4) is 0 Å². The largest absolute Gasteiger partial charge is 0.440 e. The third-order valence-corrected chi connectivity index (χ3v) is 6.13. The summed E-state index contributed by atoms with van der Waals surface area (Å²) in [5, 5.41) is 9.70. The quantitative estimate of drug-likeness (QED) is 0.291. The summed E-state index contributed by atoms with van der Waals surface area (Å²) in [7, 11) is 0. The van der Waals surface area contributed by atoms with Crippen molar-refractivity contribution >= 4 is 5.97 Å². The molecule has 1 aliphatic heterocycles. The van der Waals surface area contributed by atoms with Crippen LogP contribution in [0.5, 0.6) is 11.5 Å². The Morgan fingerprint density at radius 1 is 0.889 bits per heavy atom. The van der Waals surface area contributed by atoms with Crippen LogP contribution in [0.1, 0.15) is 34.1 Å². The number of hydrogen-bond acceptors (Lipinski definition) is 5. The molecule has 0 saturated carbocycles. The second-order valence-electron chi connectivity index (χ2n) is 8.32. The Kier molecular flexibility index (Phi) is 6.21. The van der Waals surface area contributed by atoms with E-state index in [1.807, 2.05) is 66.7 Å². The maximum Gasteiger partial charge on any atom is 0.323 e. The molecule has 176 valence electrons. The van der Waals surface area contributed by atoms with Crippen molar-refractivity contribution in [3.05, 3.63) is 143 Å². The average molecular weight is 477 g/mol. The number of benzene rings is 4. The Morgan fingerprint density at radius 3 is 2.11 bits per heavy atom. The molecule has 5 nitrogen and oxygen atoms in total. The number of rotatable bonds is 5. The zero-order valence-corrected chi connectivity index (χ0v) is 19.1. The molecule has 4 aromatic rings. The third kappa shape index (κ3) is 4.30. The Labute approximate surface area is 207 Å². The molecule has 0 aromatic heterocycles. The van der Waals surface area contributed by atoms with E-state index in [0.717, 1.165) is 11.1 Å². The molecular formula is C30H21FN2O3. The van der Waals surface area contributed by atoms with Crippen LogP contribution in [0.2, 0.25) is 0 Å². The lowest BCUT2D eigenvalue weighted by atomic mass is 9.83. The standard InChI is InChI=1S/C30H21FN2O3/c31-25-14-8-7-13-22(25)28-23-16-15-21(17-26(23)36-29(33)24(28)18-32)35-30(34)27(19-9-3-1-4-10-19)20-11-5-2-6-12-20/h1-17,27-28H,33H2. The van der Waals surface area contributed by atoms with Gasteiger partial charge in [-0.3, -0.25) is 4.79 Å². The maximum absolute atomic E-state index is 14.7. The highest BCUT2D eigenvalue weighted by Gasteiger charge is 2.33. The van der Waals surface area contributed by atoms with Gasteiger partial charge in [0, 0.05) is 17.2 Å². The molecule has 5 rings (SSSR count). The second-order valence-corrected chi connectivity index (χ2v) is 8.32. The number of carbonyl (C=O) groups is 1. The lowest BCUT2D eigenvalue weighted by Gasteiger charge is -2.27. The molecule has 0 saturated heterocycles. The molecule has 0 bridgehead atoms. The molecule has 1 heterocycles. The van der Waals surface area contributed by atoms with Crippen molar-refractivity contribution in [2.75, 3.05) is 0 Å². The summed E-state index contributed by atoms with van der Waals surface area (Å²) in [6, 6.07) is 31.8. The zero-order chi connectivity index (χ0) is 25.1. The summed E-state index contributed by atoms with van der Waals surface area (Å²) < 4.78 is 26.2. The van der Waals surface area contributed by atoms with E-state index >= 15 is 0 Å². The molecule has 1 aliphatic rings. The van der Waals surface area contributed by atoms with Gasteiger partial charge in [0.2, 0.25) is 5.88 Å². The van der Waals surface area contributed by atoms with E-state index in [-0.39, 0.29) is 17.2 Å². The molecule has 6 heteroatoms. The van der Waals surface area contributed by atoms with Gasteiger partial charge in [0.05, 0.1) is 5.92 Å². The Hall–Kier alpha value is -4.89. The first kappa shape index (κ1) is 22.9. The van der Waals surface area contributed by atoms with Gasteiger partial charge in [0.1, 0.15) is 34.9 Å². The minimum absolute atomic E-state index is 0.116. The van der Waals surface area contributed by atoms with Gasteiger partial charge in [-0.2, -0.15) is 5.26 Å². The van der Waals surface area contributed by atoms with Crippen molar-refractivity contribution in [1.82, 2.24) is 0 Å².